The number of benzene rings is 1. The van der Waals surface area contributed by atoms with E-state index in [1.54, 1.807) is 13.1 Å². The van der Waals surface area contributed by atoms with E-state index < -0.39 is 38.4 Å². The first-order valence-corrected chi connectivity index (χ1v) is 13.6. The summed E-state index contributed by atoms with van der Waals surface area (Å²) in [5, 5.41) is 0.0788. The molecule has 1 saturated heterocycles. The summed E-state index contributed by atoms with van der Waals surface area (Å²) in [6, 6.07) is 2.82. The fourth-order valence-electron chi connectivity index (χ4n) is 2.94. The van der Waals surface area contributed by atoms with E-state index in [1.165, 1.54) is 11.0 Å². The number of likely N-dealkylation sites (N-methyl/N-ethyl adjacent to an activating group) is 1. The molecule has 0 bridgehead atoms. The molecule has 0 saturated carbocycles. The van der Waals surface area contributed by atoms with Gasteiger partial charge in [-0.3, -0.25) is 4.79 Å². The second-order valence-corrected chi connectivity index (χ2v) is 15.7. The van der Waals surface area contributed by atoms with Gasteiger partial charge in [0.1, 0.15) is 5.82 Å². The monoisotopic (exact) mass is 452 g/mol. The second-order valence-electron chi connectivity index (χ2n) is 10.9. The topological polar surface area (TPSA) is 74.0 Å². The van der Waals surface area contributed by atoms with Crippen molar-refractivity contribution in [3.05, 3.63) is 23.5 Å². The van der Waals surface area contributed by atoms with Crippen LogP contribution in [-0.4, -0.2) is 57.6 Å². The van der Waals surface area contributed by atoms with E-state index in [9.17, 15) is 9.18 Å². The van der Waals surface area contributed by atoms with Crippen molar-refractivity contribution < 1.29 is 22.9 Å². The van der Waals surface area contributed by atoms with Crippen LogP contribution in [0.1, 0.15) is 58.8 Å². The van der Waals surface area contributed by atoms with Gasteiger partial charge < -0.3 is 24.4 Å². The molecule has 2 N–H and O–H groups in total. The Kier molecular flexibility index (Phi) is 7.08. The Morgan fingerprint density at radius 2 is 1.71 bits per heavy atom. The molecule has 0 spiro atoms. The Morgan fingerprint density at radius 1 is 1.19 bits per heavy atom. The smallest absolute Gasteiger partial charge is 0.415 e. The van der Waals surface area contributed by atoms with Crippen LogP contribution in [-0.2, 0) is 13.7 Å². The van der Waals surface area contributed by atoms with Crippen LogP contribution in [0, 0.1) is 5.82 Å². The molecule has 9 heteroatoms. The molecule has 0 aliphatic carbocycles. The van der Waals surface area contributed by atoms with Crippen molar-refractivity contribution in [1.29, 1.82) is 0 Å². The number of nitrogen functional groups attached to an aromatic ring is 1. The minimum Gasteiger partial charge on any atom is -0.415 e. The number of nitrogens with zero attached hydrogens (tertiary/aromatic N) is 1. The lowest BCUT2D eigenvalue weighted by Crippen LogP contribution is -2.43. The number of amides is 1. The fraction of sp³-hybridized carbons (Fsp3) is 0.682. The molecule has 1 aliphatic rings. The van der Waals surface area contributed by atoms with Crippen LogP contribution in [0.15, 0.2) is 12.1 Å². The van der Waals surface area contributed by atoms with Crippen LogP contribution in [0.5, 0.6) is 0 Å². The fourth-order valence-corrected chi connectivity index (χ4v) is 3.97. The van der Waals surface area contributed by atoms with Crippen LogP contribution in [0.25, 0.3) is 0 Å². The van der Waals surface area contributed by atoms with Gasteiger partial charge in [0.25, 0.3) is 5.91 Å². The predicted octanol–water partition coefficient (Wildman–Crippen LogP) is 3.80. The molecule has 1 aromatic carbocycles. The summed E-state index contributed by atoms with van der Waals surface area (Å²) >= 11 is 0. The van der Waals surface area contributed by atoms with Gasteiger partial charge >= 0.3 is 7.12 Å². The highest BCUT2D eigenvalue weighted by Gasteiger charge is 2.52. The zero-order chi connectivity index (χ0) is 24.0. The summed E-state index contributed by atoms with van der Waals surface area (Å²) in [6.07, 6.45) is 0. The van der Waals surface area contributed by atoms with Gasteiger partial charge in [0.15, 0.2) is 8.32 Å². The van der Waals surface area contributed by atoms with Crippen molar-refractivity contribution in [2.24, 2.45) is 0 Å². The SMILES string of the molecule is CN(CCO[Si](C)(C)C(C)(C)C)C(=O)c1c(N)cc(B2OC(C)(C)C(C)(C)O2)cc1F. The minimum absolute atomic E-state index is 0.0619. The normalized spacial score (nSPS) is 18.4. The molecule has 1 amide bonds. The third-order valence-electron chi connectivity index (χ3n) is 6.92. The second kappa shape index (κ2) is 8.50. The minimum atomic E-state index is -1.92. The average molecular weight is 452 g/mol. The summed E-state index contributed by atoms with van der Waals surface area (Å²) in [7, 11) is -1.04. The van der Waals surface area contributed by atoms with Gasteiger partial charge in [-0.1, -0.05) is 20.8 Å². The van der Waals surface area contributed by atoms with E-state index in [4.69, 9.17) is 19.5 Å². The lowest BCUT2D eigenvalue weighted by molar-refractivity contribution is 0.00578. The summed E-state index contributed by atoms with van der Waals surface area (Å²) in [6.45, 7) is 19.2. The molecule has 0 unspecified atom stereocenters. The molecule has 0 radical (unpaired) electrons. The van der Waals surface area contributed by atoms with Gasteiger partial charge in [-0.25, -0.2) is 4.39 Å². The molecular weight excluding hydrogens is 414 g/mol. The highest BCUT2D eigenvalue weighted by Crippen LogP contribution is 2.37. The Hall–Kier alpha value is -1.42. The Morgan fingerprint density at radius 3 is 2.16 bits per heavy atom. The highest BCUT2D eigenvalue weighted by molar-refractivity contribution is 6.74. The van der Waals surface area contributed by atoms with E-state index in [0.717, 1.165) is 0 Å². The van der Waals surface area contributed by atoms with Crippen molar-refractivity contribution >= 4 is 32.5 Å². The lowest BCUT2D eigenvalue weighted by Gasteiger charge is -2.36. The molecule has 0 atom stereocenters. The summed E-state index contributed by atoms with van der Waals surface area (Å²) < 4.78 is 33.0. The number of hydrogen-bond donors (Lipinski definition) is 1. The summed E-state index contributed by atoms with van der Waals surface area (Å²) in [5.41, 5.74) is 5.36. The van der Waals surface area contributed by atoms with Gasteiger partial charge in [-0.05, 0) is 63.4 Å². The molecule has 31 heavy (non-hydrogen) atoms. The van der Waals surface area contributed by atoms with Crippen LogP contribution < -0.4 is 11.2 Å². The number of hydrogen-bond acceptors (Lipinski definition) is 5. The standard InChI is InChI=1S/C22H38BFN2O4Si/c1-20(2,3)31(9,10)28-12-11-26(8)19(27)18-16(24)13-15(14-17(18)25)23-29-21(4,5)22(6,7)30-23/h13-14H,11-12,25H2,1-10H3. The quantitative estimate of drug-likeness (QED) is 0.525. The van der Waals surface area contributed by atoms with Crippen LogP contribution in [0.4, 0.5) is 10.1 Å². The Bertz CT molecular complexity index is 800. The number of halogens is 1. The maximum Gasteiger partial charge on any atom is 0.495 e. The van der Waals surface area contributed by atoms with Gasteiger partial charge in [-0.2, -0.15) is 0 Å². The number of carbonyl (C=O) groups is 1. The predicted molar refractivity (Wildman–Crippen MR) is 127 cm³/mol. The van der Waals surface area contributed by atoms with Gasteiger partial charge in [0.05, 0.1) is 23.4 Å². The maximum absolute atomic E-state index is 15.0. The zero-order valence-electron chi connectivity index (χ0n) is 20.7. The number of rotatable bonds is 6. The highest BCUT2D eigenvalue weighted by atomic mass is 28.4. The van der Waals surface area contributed by atoms with Crippen molar-refractivity contribution in [3.63, 3.8) is 0 Å². The number of anilines is 1. The van der Waals surface area contributed by atoms with Crippen molar-refractivity contribution in [1.82, 2.24) is 4.90 Å². The van der Waals surface area contributed by atoms with E-state index >= 15 is 0 Å². The van der Waals surface area contributed by atoms with Crippen LogP contribution in [0.3, 0.4) is 0 Å². The molecule has 6 nitrogen and oxygen atoms in total. The average Bonchev–Trinajstić information content (AvgIpc) is 2.80. The van der Waals surface area contributed by atoms with Gasteiger partial charge in [-0.15, -0.1) is 0 Å². The molecule has 1 aromatic rings. The maximum atomic E-state index is 15.0. The van der Waals surface area contributed by atoms with E-state index in [-0.39, 0.29) is 16.3 Å². The molecule has 174 valence electrons. The van der Waals surface area contributed by atoms with E-state index in [0.29, 0.717) is 18.6 Å². The van der Waals surface area contributed by atoms with E-state index in [2.05, 4.69) is 33.9 Å². The molecule has 1 aliphatic heterocycles. The largest absolute Gasteiger partial charge is 0.495 e. The van der Waals surface area contributed by atoms with Crippen molar-refractivity contribution in [3.8, 4) is 0 Å². The Labute approximate surface area is 187 Å². The van der Waals surface area contributed by atoms with Gasteiger partial charge in [0, 0.05) is 19.3 Å². The Balaban J connectivity index is 2.12. The summed E-state index contributed by atoms with van der Waals surface area (Å²) in [5.74, 6) is -1.17. The summed E-state index contributed by atoms with van der Waals surface area (Å²) in [4.78, 5) is 14.3. The lowest BCUT2D eigenvalue weighted by atomic mass is 9.78. The van der Waals surface area contributed by atoms with Gasteiger partial charge in [0.2, 0.25) is 0 Å². The van der Waals surface area contributed by atoms with Crippen LogP contribution in [0.2, 0.25) is 18.1 Å². The van der Waals surface area contributed by atoms with Crippen LogP contribution >= 0.6 is 0 Å². The zero-order valence-corrected chi connectivity index (χ0v) is 21.7. The number of carbonyl (C=O) groups excluding carboxylic acids is 1. The number of nitrogens with two attached hydrogens (primary N) is 1. The molecule has 1 fully saturated rings. The third-order valence-corrected chi connectivity index (χ3v) is 11.5. The third kappa shape index (κ3) is 5.33. The molecular formula is C22H38BFN2O4Si. The first-order chi connectivity index (χ1) is 13.9. The van der Waals surface area contributed by atoms with Crippen molar-refractivity contribution in [2.75, 3.05) is 25.9 Å². The van der Waals surface area contributed by atoms with E-state index in [1.807, 2.05) is 27.7 Å². The molecule has 2 rings (SSSR count). The molecule has 0 aromatic heterocycles. The van der Waals surface area contributed by atoms with Crippen molar-refractivity contribution in [2.45, 2.75) is 77.8 Å². The molecule has 1 heterocycles. The first kappa shape index (κ1) is 25.8. The first-order valence-electron chi connectivity index (χ1n) is 10.7.